The number of hydrogen-bond donors (Lipinski definition) is 0. The third kappa shape index (κ3) is 3.08. The number of piperidine rings is 1. The number of thiophene rings is 1. The molecule has 0 spiro atoms. The van der Waals surface area contributed by atoms with Crippen molar-refractivity contribution in [1.82, 2.24) is 4.90 Å². The highest BCUT2D eigenvalue weighted by Crippen LogP contribution is 2.18. The van der Waals surface area contributed by atoms with Crippen molar-refractivity contribution >= 4 is 17.2 Å². The third-order valence-electron chi connectivity index (χ3n) is 3.30. The smallest absolute Gasteiger partial charge is 0.222 e. The molecule has 1 aromatic heterocycles. The highest BCUT2D eigenvalue weighted by Gasteiger charge is 2.19. The number of carbonyl (C=O) groups is 1. The number of hydrogen-bond acceptors (Lipinski definition) is 2. The molecule has 2 nitrogen and oxygen atoms in total. The van der Waals surface area contributed by atoms with Crippen molar-refractivity contribution < 1.29 is 4.79 Å². The van der Waals surface area contributed by atoms with Crippen LogP contribution in [0.4, 0.5) is 0 Å². The van der Waals surface area contributed by atoms with E-state index in [1.807, 2.05) is 11.0 Å². The fourth-order valence-corrected chi connectivity index (χ4v) is 2.81. The summed E-state index contributed by atoms with van der Waals surface area (Å²) in [6, 6.07) is 4.16. The molecular weight excluding hydrogens is 218 g/mol. The highest BCUT2D eigenvalue weighted by atomic mass is 32.1. The van der Waals surface area contributed by atoms with Gasteiger partial charge in [0.15, 0.2) is 0 Å². The summed E-state index contributed by atoms with van der Waals surface area (Å²) in [6.07, 6.45) is 3.92. The second-order valence-electron chi connectivity index (χ2n) is 4.64. The van der Waals surface area contributed by atoms with Crippen LogP contribution in [0.3, 0.4) is 0 Å². The van der Waals surface area contributed by atoms with Crippen LogP contribution in [0, 0.1) is 5.92 Å². The van der Waals surface area contributed by atoms with Crippen LogP contribution in [0.15, 0.2) is 17.5 Å². The SMILES string of the molecule is CC1CCN(C(=O)CCc2cccs2)CC1. The zero-order valence-electron chi connectivity index (χ0n) is 9.82. The molecule has 0 unspecified atom stereocenters. The molecule has 0 aromatic carbocycles. The summed E-state index contributed by atoms with van der Waals surface area (Å²) in [5.74, 6) is 1.13. The lowest BCUT2D eigenvalue weighted by molar-refractivity contribution is -0.132. The Morgan fingerprint density at radius 1 is 1.50 bits per heavy atom. The second kappa shape index (κ2) is 5.48. The Balaban J connectivity index is 1.75. The summed E-state index contributed by atoms with van der Waals surface area (Å²) in [4.78, 5) is 15.3. The highest BCUT2D eigenvalue weighted by molar-refractivity contribution is 7.09. The van der Waals surface area contributed by atoms with Gasteiger partial charge in [0.05, 0.1) is 0 Å². The summed E-state index contributed by atoms with van der Waals surface area (Å²) >= 11 is 1.74. The topological polar surface area (TPSA) is 20.3 Å². The van der Waals surface area contributed by atoms with Crippen LogP contribution >= 0.6 is 11.3 Å². The van der Waals surface area contributed by atoms with E-state index in [1.165, 1.54) is 17.7 Å². The number of amides is 1. The first kappa shape index (κ1) is 11.6. The van der Waals surface area contributed by atoms with E-state index in [0.717, 1.165) is 25.4 Å². The standard InChI is InChI=1S/C13H19NOS/c1-11-6-8-14(9-7-11)13(15)5-4-12-3-2-10-16-12/h2-3,10-11H,4-9H2,1H3. The number of carbonyl (C=O) groups excluding carboxylic acids is 1. The van der Waals surface area contributed by atoms with Gasteiger partial charge >= 0.3 is 0 Å². The van der Waals surface area contributed by atoms with Gasteiger partial charge in [-0.1, -0.05) is 13.0 Å². The molecule has 0 aliphatic carbocycles. The molecule has 2 rings (SSSR count). The predicted octanol–water partition coefficient (Wildman–Crippen LogP) is 2.94. The zero-order valence-corrected chi connectivity index (χ0v) is 10.6. The first-order valence-electron chi connectivity index (χ1n) is 6.06. The van der Waals surface area contributed by atoms with E-state index in [0.29, 0.717) is 12.3 Å². The number of aryl methyl sites for hydroxylation is 1. The van der Waals surface area contributed by atoms with Crippen LogP contribution in [0.1, 0.15) is 31.1 Å². The average Bonchev–Trinajstić information content (AvgIpc) is 2.80. The lowest BCUT2D eigenvalue weighted by atomic mass is 9.99. The molecule has 1 saturated heterocycles. The van der Waals surface area contributed by atoms with Gasteiger partial charge in [-0.3, -0.25) is 4.79 Å². The van der Waals surface area contributed by atoms with E-state index in [1.54, 1.807) is 11.3 Å². The second-order valence-corrected chi connectivity index (χ2v) is 5.67. The zero-order chi connectivity index (χ0) is 11.4. The van der Waals surface area contributed by atoms with Crippen LogP contribution < -0.4 is 0 Å². The van der Waals surface area contributed by atoms with E-state index >= 15 is 0 Å². The summed E-state index contributed by atoms with van der Waals surface area (Å²) in [5, 5.41) is 2.07. The van der Waals surface area contributed by atoms with E-state index in [4.69, 9.17) is 0 Å². The normalized spacial score (nSPS) is 17.7. The number of nitrogens with zero attached hydrogens (tertiary/aromatic N) is 1. The molecule has 3 heteroatoms. The summed E-state index contributed by atoms with van der Waals surface area (Å²) in [7, 11) is 0. The minimum atomic E-state index is 0.334. The predicted molar refractivity (Wildman–Crippen MR) is 67.6 cm³/mol. The van der Waals surface area contributed by atoms with Crippen LogP contribution in [-0.2, 0) is 11.2 Å². The average molecular weight is 237 g/mol. The Morgan fingerprint density at radius 3 is 2.88 bits per heavy atom. The maximum atomic E-state index is 11.9. The van der Waals surface area contributed by atoms with Crippen molar-refractivity contribution in [2.45, 2.75) is 32.6 Å². The Hall–Kier alpha value is -0.830. The van der Waals surface area contributed by atoms with Crippen LogP contribution in [0.25, 0.3) is 0 Å². The largest absolute Gasteiger partial charge is 0.343 e. The molecule has 1 aliphatic heterocycles. The molecule has 0 radical (unpaired) electrons. The molecule has 1 aromatic rings. The maximum Gasteiger partial charge on any atom is 0.222 e. The molecule has 1 amide bonds. The fourth-order valence-electron chi connectivity index (χ4n) is 2.10. The van der Waals surface area contributed by atoms with E-state index in [9.17, 15) is 4.79 Å². The molecular formula is C13H19NOS. The van der Waals surface area contributed by atoms with Gasteiger partial charge in [0.2, 0.25) is 5.91 Å². The Morgan fingerprint density at radius 2 is 2.25 bits per heavy atom. The Bertz CT molecular complexity index is 326. The van der Waals surface area contributed by atoms with E-state index < -0.39 is 0 Å². The lowest BCUT2D eigenvalue weighted by Crippen LogP contribution is -2.37. The van der Waals surface area contributed by atoms with Gasteiger partial charge in [-0.25, -0.2) is 0 Å². The van der Waals surface area contributed by atoms with Crippen molar-refractivity contribution in [3.63, 3.8) is 0 Å². The summed E-state index contributed by atoms with van der Waals surface area (Å²) in [6.45, 7) is 4.20. The minimum Gasteiger partial charge on any atom is -0.343 e. The number of rotatable bonds is 3. The van der Waals surface area contributed by atoms with E-state index in [2.05, 4.69) is 18.4 Å². The molecule has 0 saturated carbocycles. The molecule has 1 fully saturated rings. The van der Waals surface area contributed by atoms with Gasteiger partial charge in [-0.2, -0.15) is 0 Å². The first-order chi connectivity index (χ1) is 7.75. The fraction of sp³-hybridized carbons (Fsp3) is 0.615. The van der Waals surface area contributed by atoms with Crippen molar-refractivity contribution in [2.24, 2.45) is 5.92 Å². The molecule has 16 heavy (non-hydrogen) atoms. The quantitative estimate of drug-likeness (QED) is 0.791. The molecule has 2 heterocycles. The number of likely N-dealkylation sites (tertiary alicyclic amines) is 1. The van der Waals surface area contributed by atoms with Gasteiger partial charge in [-0.15, -0.1) is 11.3 Å². The van der Waals surface area contributed by atoms with Crippen molar-refractivity contribution in [2.75, 3.05) is 13.1 Å². The first-order valence-corrected chi connectivity index (χ1v) is 6.94. The minimum absolute atomic E-state index is 0.334. The van der Waals surface area contributed by atoms with Gasteiger partial charge in [0.25, 0.3) is 0 Å². The monoisotopic (exact) mass is 237 g/mol. The molecule has 1 aliphatic rings. The van der Waals surface area contributed by atoms with Crippen LogP contribution in [0.5, 0.6) is 0 Å². The Labute approximate surface area is 101 Å². The summed E-state index contributed by atoms with van der Waals surface area (Å²) in [5.41, 5.74) is 0. The molecule has 0 bridgehead atoms. The summed E-state index contributed by atoms with van der Waals surface area (Å²) < 4.78 is 0. The Kier molecular flexibility index (Phi) is 3.99. The maximum absolute atomic E-state index is 11.9. The van der Waals surface area contributed by atoms with Crippen LogP contribution in [-0.4, -0.2) is 23.9 Å². The van der Waals surface area contributed by atoms with Crippen molar-refractivity contribution in [1.29, 1.82) is 0 Å². The molecule has 88 valence electrons. The third-order valence-corrected chi connectivity index (χ3v) is 4.24. The van der Waals surface area contributed by atoms with Gasteiger partial charge in [0.1, 0.15) is 0 Å². The van der Waals surface area contributed by atoms with E-state index in [-0.39, 0.29) is 0 Å². The van der Waals surface area contributed by atoms with Crippen molar-refractivity contribution in [3.05, 3.63) is 22.4 Å². The van der Waals surface area contributed by atoms with Gasteiger partial charge in [-0.05, 0) is 36.6 Å². The lowest BCUT2D eigenvalue weighted by Gasteiger charge is -2.30. The molecule has 0 atom stereocenters. The van der Waals surface area contributed by atoms with Gasteiger partial charge in [0, 0.05) is 24.4 Å². The van der Waals surface area contributed by atoms with Crippen molar-refractivity contribution in [3.8, 4) is 0 Å². The van der Waals surface area contributed by atoms with Gasteiger partial charge < -0.3 is 4.90 Å². The van der Waals surface area contributed by atoms with Crippen LogP contribution in [0.2, 0.25) is 0 Å². The molecule has 0 N–H and O–H groups in total.